The summed E-state index contributed by atoms with van der Waals surface area (Å²) in [4.78, 5) is 0. The molecule has 0 amide bonds. The van der Waals surface area contributed by atoms with Crippen molar-refractivity contribution < 1.29 is 4.74 Å². The van der Waals surface area contributed by atoms with Crippen LogP contribution in [0, 0.1) is 17.8 Å². The maximum absolute atomic E-state index is 5.92. The van der Waals surface area contributed by atoms with Gasteiger partial charge in [-0.1, -0.05) is 27.7 Å². The Kier molecular flexibility index (Phi) is 3.02. The highest BCUT2D eigenvalue weighted by Crippen LogP contribution is 2.55. The third kappa shape index (κ3) is 1.98. The molecule has 1 heteroatoms. The van der Waals surface area contributed by atoms with E-state index in [1.54, 1.807) is 0 Å². The fourth-order valence-electron chi connectivity index (χ4n) is 2.67. The average molecular weight is 198 g/mol. The number of rotatable bonds is 4. The second-order valence-electron chi connectivity index (χ2n) is 6.20. The lowest BCUT2D eigenvalue weighted by atomic mass is 9.74. The van der Waals surface area contributed by atoms with E-state index in [0.29, 0.717) is 11.8 Å². The maximum atomic E-state index is 5.92. The smallest absolute Gasteiger partial charge is 0.0976 e. The highest BCUT2D eigenvalue weighted by atomic mass is 16.6. The standard InChI is InChI=1S/C13H26O/c1-9(2)8-11(10(3)4)13(7)12(5,6)14-13/h9-11H,8H2,1-7H3. The van der Waals surface area contributed by atoms with E-state index in [2.05, 4.69) is 48.5 Å². The Balaban J connectivity index is 2.70. The van der Waals surface area contributed by atoms with E-state index in [1.165, 1.54) is 6.42 Å². The van der Waals surface area contributed by atoms with E-state index < -0.39 is 0 Å². The van der Waals surface area contributed by atoms with Gasteiger partial charge >= 0.3 is 0 Å². The first-order valence-corrected chi connectivity index (χ1v) is 5.91. The zero-order valence-electron chi connectivity index (χ0n) is 10.8. The summed E-state index contributed by atoms with van der Waals surface area (Å²) in [5.41, 5.74) is 0.211. The molecule has 2 atom stereocenters. The summed E-state index contributed by atoms with van der Waals surface area (Å²) in [7, 11) is 0. The van der Waals surface area contributed by atoms with E-state index >= 15 is 0 Å². The van der Waals surface area contributed by atoms with Crippen molar-refractivity contribution in [2.75, 3.05) is 0 Å². The minimum Gasteiger partial charge on any atom is -0.363 e. The van der Waals surface area contributed by atoms with Gasteiger partial charge in [-0.2, -0.15) is 0 Å². The molecule has 0 saturated carbocycles. The van der Waals surface area contributed by atoms with Crippen LogP contribution in [0.5, 0.6) is 0 Å². The van der Waals surface area contributed by atoms with E-state index in [1.807, 2.05) is 0 Å². The molecule has 0 aromatic heterocycles. The van der Waals surface area contributed by atoms with Crippen molar-refractivity contribution >= 4 is 0 Å². The van der Waals surface area contributed by atoms with Gasteiger partial charge < -0.3 is 4.74 Å². The topological polar surface area (TPSA) is 12.5 Å². The Bertz CT molecular complexity index is 205. The van der Waals surface area contributed by atoms with Gasteiger partial charge in [0.15, 0.2) is 0 Å². The average Bonchev–Trinajstić information content (AvgIpc) is 2.46. The van der Waals surface area contributed by atoms with Crippen LogP contribution in [0.25, 0.3) is 0 Å². The fraction of sp³-hybridized carbons (Fsp3) is 1.00. The molecule has 0 aromatic rings. The van der Waals surface area contributed by atoms with Crippen LogP contribution in [0.1, 0.15) is 54.9 Å². The van der Waals surface area contributed by atoms with Gasteiger partial charge in [0, 0.05) is 0 Å². The summed E-state index contributed by atoms with van der Waals surface area (Å²) in [6.45, 7) is 15.9. The molecular weight excluding hydrogens is 172 g/mol. The van der Waals surface area contributed by atoms with Crippen LogP contribution in [-0.2, 0) is 4.74 Å². The normalized spacial score (nSPS) is 32.4. The summed E-state index contributed by atoms with van der Waals surface area (Å²) in [5.74, 6) is 2.17. The third-order valence-corrected chi connectivity index (χ3v) is 3.86. The van der Waals surface area contributed by atoms with Crippen molar-refractivity contribution in [2.24, 2.45) is 17.8 Å². The van der Waals surface area contributed by atoms with Gasteiger partial charge in [0.05, 0.1) is 11.2 Å². The number of ether oxygens (including phenoxy) is 1. The van der Waals surface area contributed by atoms with Crippen LogP contribution in [0.3, 0.4) is 0 Å². The molecule has 1 aliphatic rings. The maximum Gasteiger partial charge on any atom is 0.0976 e. The Labute approximate surface area is 89.2 Å². The molecule has 84 valence electrons. The minimum absolute atomic E-state index is 0.0941. The Morgan fingerprint density at radius 2 is 1.43 bits per heavy atom. The van der Waals surface area contributed by atoms with Crippen LogP contribution in [0.15, 0.2) is 0 Å². The molecule has 1 fully saturated rings. The summed E-state index contributed by atoms with van der Waals surface area (Å²) in [5, 5.41) is 0. The SMILES string of the molecule is CC(C)CC(C(C)C)C1(C)OC1(C)C. The van der Waals surface area contributed by atoms with Gasteiger partial charge in [0.1, 0.15) is 0 Å². The molecule has 0 aromatic carbocycles. The Hall–Kier alpha value is -0.0400. The fourth-order valence-corrected chi connectivity index (χ4v) is 2.67. The lowest BCUT2D eigenvalue weighted by Crippen LogP contribution is -2.32. The first-order chi connectivity index (χ1) is 6.21. The largest absolute Gasteiger partial charge is 0.363 e. The molecule has 1 aliphatic heterocycles. The molecule has 0 N–H and O–H groups in total. The van der Waals surface area contributed by atoms with Crippen molar-refractivity contribution in [3.05, 3.63) is 0 Å². The molecule has 0 bridgehead atoms. The first-order valence-electron chi connectivity index (χ1n) is 5.91. The van der Waals surface area contributed by atoms with Crippen LogP contribution in [0.2, 0.25) is 0 Å². The highest BCUT2D eigenvalue weighted by Gasteiger charge is 2.64. The van der Waals surface area contributed by atoms with Gasteiger partial charge in [-0.15, -0.1) is 0 Å². The molecule has 0 radical (unpaired) electrons. The number of hydrogen-bond donors (Lipinski definition) is 0. The molecule has 1 rings (SSSR count). The van der Waals surface area contributed by atoms with Crippen molar-refractivity contribution in [3.63, 3.8) is 0 Å². The van der Waals surface area contributed by atoms with Crippen molar-refractivity contribution in [2.45, 2.75) is 66.1 Å². The highest BCUT2D eigenvalue weighted by molar-refractivity contribution is 5.11. The van der Waals surface area contributed by atoms with E-state index in [9.17, 15) is 0 Å². The minimum atomic E-state index is 0.0941. The van der Waals surface area contributed by atoms with E-state index in [0.717, 1.165) is 5.92 Å². The van der Waals surface area contributed by atoms with Crippen LogP contribution in [0.4, 0.5) is 0 Å². The summed E-state index contributed by atoms with van der Waals surface area (Å²) >= 11 is 0. The van der Waals surface area contributed by atoms with E-state index in [-0.39, 0.29) is 11.2 Å². The second-order valence-corrected chi connectivity index (χ2v) is 6.20. The molecule has 14 heavy (non-hydrogen) atoms. The zero-order valence-corrected chi connectivity index (χ0v) is 10.8. The van der Waals surface area contributed by atoms with Crippen molar-refractivity contribution in [3.8, 4) is 0 Å². The lowest BCUT2D eigenvalue weighted by Gasteiger charge is -2.28. The molecule has 1 saturated heterocycles. The quantitative estimate of drug-likeness (QED) is 0.625. The number of epoxide rings is 1. The first kappa shape index (κ1) is 12.0. The molecule has 0 spiro atoms. The molecule has 1 heterocycles. The third-order valence-electron chi connectivity index (χ3n) is 3.86. The summed E-state index contributed by atoms with van der Waals surface area (Å²) in [6.07, 6.45) is 1.28. The van der Waals surface area contributed by atoms with E-state index in [4.69, 9.17) is 4.74 Å². The van der Waals surface area contributed by atoms with Gasteiger partial charge in [-0.25, -0.2) is 0 Å². The zero-order chi connectivity index (χ0) is 11.1. The van der Waals surface area contributed by atoms with Gasteiger partial charge in [0.2, 0.25) is 0 Å². The molecular formula is C13H26O. The number of hydrogen-bond acceptors (Lipinski definition) is 1. The van der Waals surface area contributed by atoms with Crippen LogP contribution < -0.4 is 0 Å². The molecule has 2 unspecified atom stereocenters. The monoisotopic (exact) mass is 198 g/mol. The second kappa shape index (κ2) is 3.52. The lowest BCUT2D eigenvalue weighted by molar-refractivity contribution is 0.163. The Morgan fingerprint density at radius 3 is 1.64 bits per heavy atom. The molecule has 0 aliphatic carbocycles. The van der Waals surface area contributed by atoms with Crippen molar-refractivity contribution in [1.29, 1.82) is 0 Å². The predicted molar refractivity (Wildman–Crippen MR) is 61.4 cm³/mol. The van der Waals surface area contributed by atoms with Crippen LogP contribution in [-0.4, -0.2) is 11.2 Å². The van der Waals surface area contributed by atoms with Gasteiger partial charge in [-0.05, 0) is 44.9 Å². The van der Waals surface area contributed by atoms with Gasteiger partial charge in [0.25, 0.3) is 0 Å². The van der Waals surface area contributed by atoms with Crippen LogP contribution >= 0.6 is 0 Å². The van der Waals surface area contributed by atoms with Gasteiger partial charge in [-0.3, -0.25) is 0 Å². The summed E-state index contributed by atoms with van der Waals surface area (Å²) in [6, 6.07) is 0. The van der Waals surface area contributed by atoms with Crippen molar-refractivity contribution in [1.82, 2.24) is 0 Å². The Morgan fingerprint density at radius 1 is 1.00 bits per heavy atom. The summed E-state index contributed by atoms with van der Waals surface area (Å²) < 4.78 is 5.92. The molecule has 1 nitrogen and oxygen atoms in total. The predicted octanol–water partition coefficient (Wildman–Crippen LogP) is 3.87.